The average molecular weight is 281 g/mol. The summed E-state index contributed by atoms with van der Waals surface area (Å²) < 4.78 is 31.9. The summed E-state index contributed by atoms with van der Waals surface area (Å²) in [6.07, 6.45) is 0. The van der Waals surface area contributed by atoms with Crippen molar-refractivity contribution in [1.82, 2.24) is 0 Å². The van der Waals surface area contributed by atoms with Gasteiger partial charge in [-0.1, -0.05) is 6.92 Å². The molecule has 0 aliphatic heterocycles. The van der Waals surface area contributed by atoms with E-state index in [1.54, 1.807) is 6.92 Å². The molecule has 84 valence electrons. The molecule has 1 rings (SSSR count). The minimum Gasteiger partial charge on any atom is -0.492 e. The Morgan fingerprint density at radius 2 is 2.07 bits per heavy atom. The highest BCUT2D eigenvalue weighted by Crippen LogP contribution is 2.34. The summed E-state index contributed by atoms with van der Waals surface area (Å²) in [6, 6.07) is 1.41. The Balaban J connectivity index is 3.33. The van der Waals surface area contributed by atoms with E-state index in [-0.39, 0.29) is 17.9 Å². The van der Waals surface area contributed by atoms with Gasteiger partial charge in [0, 0.05) is 12.5 Å². The first-order valence-electron chi connectivity index (χ1n) is 4.35. The summed E-state index contributed by atoms with van der Waals surface area (Å²) in [5, 5.41) is 8.89. The molecule has 0 aliphatic carbocycles. The van der Waals surface area contributed by atoms with Crippen molar-refractivity contribution in [2.75, 3.05) is 13.7 Å². The van der Waals surface area contributed by atoms with Gasteiger partial charge in [0.25, 0.3) is 0 Å². The fourth-order valence-electron chi connectivity index (χ4n) is 1.24. The van der Waals surface area contributed by atoms with Gasteiger partial charge in [-0.3, -0.25) is 0 Å². The normalized spacial score (nSPS) is 12.7. The lowest BCUT2D eigenvalue weighted by atomic mass is 10.0. The van der Waals surface area contributed by atoms with Gasteiger partial charge in [-0.25, -0.2) is 4.39 Å². The number of ether oxygens (including phenoxy) is 1. The van der Waals surface area contributed by atoms with Crippen LogP contribution in [0.25, 0.3) is 0 Å². The maximum atomic E-state index is 13.5. The predicted octanol–water partition coefficient (Wildman–Crippen LogP) is 2.83. The molecule has 0 amide bonds. The van der Waals surface area contributed by atoms with Crippen LogP contribution in [-0.2, 0) is 0 Å². The predicted molar refractivity (Wildman–Crippen MR) is 56.1 cm³/mol. The second-order valence-electron chi connectivity index (χ2n) is 3.19. The van der Waals surface area contributed by atoms with Crippen molar-refractivity contribution in [3.63, 3.8) is 0 Å². The van der Waals surface area contributed by atoms with Crippen molar-refractivity contribution in [1.29, 1.82) is 0 Å². The van der Waals surface area contributed by atoms with Crippen LogP contribution in [0.1, 0.15) is 18.4 Å². The molecule has 1 aromatic rings. The monoisotopic (exact) mass is 280 g/mol. The second-order valence-corrected chi connectivity index (χ2v) is 4.05. The molecule has 0 fully saturated rings. The zero-order valence-electron chi connectivity index (χ0n) is 8.35. The summed E-state index contributed by atoms with van der Waals surface area (Å²) in [7, 11) is 1.26. The van der Waals surface area contributed by atoms with E-state index >= 15 is 0 Å². The van der Waals surface area contributed by atoms with Gasteiger partial charge in [0.05, 0.1) is 11.6 Å². The molecule has 1 unspecified atom stereocenters. The van der Waals surface area contributed by atoms with E-state index < -0.39 is 17.6 Å². The molecular formula is C10H11BrF2O2. The fourth-order valence-corrected chi connectivity index (χ4v) is 1.82. The number of hydrogen-bond donors (Lipinski definition) is 1. The molecule has 1 aromatic carbocycles. The third-order valence-corrected chi connectivity index (χ3v) is 2.74. The van der Waals surface area contributed by atoms with Gasteiger partial charge < -0.3 is 9.84 Å². The van der Waals surface area contributed by atoms with Crippen LogP contribution in [0.4, 0.5) is 8.78 Å². The Morgan fingerprint density at radius 3 is 2.53 bits per heavy atom. The molecule has 0 aromatic heterocycles. The molecule has 0 aliphatic rings. The molecule has 5 heteroatoms. The van der Waals surface area contributed by atoms with E-state index in [1.165, 1.54) is 13.2 Å². The Hall–Kier alpha value is -0.680. The van der Waals surface area contributed by atoms with Crippen molar-refractivity contribution < 1.29 is 18.6 Å². The average Bonchev–Trinajstić information content (AvgIpc) is 2.23. The number of benzene rings is 1. The zero-order chi connectivity index (χ0) is 11.6. The molecule has 0 radical (unpaired) electrons. The SMILES string of the molecule is COc1c(Br)cc(C(C)CO)c(F)c1F. The van der Waals surface area contributed by atoms with Crippen LogP contribution in [0.5, 0.6) is 5.75 Å². The molecule has 0 saturated carbocycles. The highest BCUT2D eigenvalue weighted by atomic mass is 79.9. The summed E-state index contributed by atoms with van der Waals surface area (Å²) in [4.78, 5) is 0. The number of halogens is 3. The Bertz CT molecular complexity index is 369. The van der Waals surface area contributed by atoms with Crippen LogP contribution >= 0.6 is 15.9 Å². The van der Waals surface area contributed by atoms with Crippen LogP contribution in [0.2, 0.25) is 0 Å². The molecular weight excluding hydrogens is 270 g/mol. The Kier molecular flexibility index (Phi) is 4.04. The van der Waals surface area contributed by atoms with E-state index in [4.69, 9.17) is 9.84 Å². The minimum atomic E-state index is -1.04. The van der Waals surface area contributed by atoms with Crippen molar-refractivity contribution in [3.8, 4) is 5.75 Å². The highest BCUT2D eigenvalue weighted by Gasteiger charge is 2.20. The van der Waals surface area contributed by atoms with Crippen molar-refractivity contribution in [2.45, 2.75) is 12.8 Å². The van der Waals surface area contributed by atoms with Crippen LogP contribution < -0.4 is 4.74 Å². The first-order valence-corrected chi connectivity index (χ1v) is 5.14. The van der Waals surface area contributed by atoms with Crippen molar-refractivity contribution >= 4 is 15.9 Å². The van der Waals surface area contributed by atoms with Gasteiger partial charge in [0.1, 0.15) is 0 Å². The van der Waals surface area contributed by atoms with Gasteiger partial charge in [0.2, 0.25) is 5.82 Å². The maximum Gasteiger partial charge on any atom is 0.202 e. The lowest BCUT2D eigenvalue weighted by molar-refractivity contribution is 0.268. The zero-order valence-corrected chi connectivity index (χ0v) is 9.94. The van der Waals surface area contributed by atoms with Crippen LogP contribution in [0.15, 0.2) is 10.5 Å². The van der Waals surface area contributed by atoms with Crippen LogP contribution in [0.3, 0.4) is 0 Å². The molecule has 0 heterocycles. The van der Waals surface area contributed by atoms with E-state index in [2.05, 4.69) is 15.9 Å². The molecule has 1 atom stereocenters. The quantitative estimate of drug-likeness (QED) is 0.863. The number of hydrogen-bond acceptors (Lipinski definition) is 2. The standard InChI is InChI=1S/C10H11BrF2O2/c1-5(4-14)6-3-7(11)10(15-2)9(13)8(6)12/h3,5,14H,4H2,1-2H3. The van der Waals surface area contributed by atoms with Gasteiger partial charge in [0.15, 0.2) is 11.6 Å². The summed E-state index contributed by atoms with van der Waals surface area (Å²) >= 11 is 3.08. The van der Waals surface area contributed by atoms with Crippen molar-refractivity contribution in [3.05, 3.63) is 27.7 Å². The number of aliphatic hydroxyl groups excluding tert-OH is 1. The largest absolute Gasteiger partial charge is 0.492 e. The first-order chi connectivity index (χ1) is 7.02. The summed E-state index contributed by atoms with van der Waals surface area (Å²) in [5.74, 6) is -2.64. The smallest absolute Gasteiger partial charge is 0.202 e. The molecule has 0 spiro atoms. The summed E-state index contributed by atoms with van der Waals surface area (Å²) in [6.45, 7) is 1.37. The first kappa shape index (κ1) is 12.4. The lowest BCUT2D eigenvalue weighted by Crippen LogP contribution is -2.05. The molecule has 1 N–H and O–H groups in total. The lowest BCUT2D eigenvalue weighted by Gasteiger charge is -2.13. The third-order valence-electron chi connectivity index (χ3n) is 2.15. The molecule has 0 saturated heterocycles. The fraction of sp³-hybridized carbons (Fsp3) is 0.400. The minimum absolute atomic E-state index is 0.127. The number of aliphatic hydroxyl groups is 1. The highest BCUT2D eigenvalue weighted by molar-refractivity contribution is 9.10. The van der Waals surface area contributed by atoms with E-state index in [0.29, 0.717) is 4.47 Å². The third kappa shape index (κ3) is 2.29. The second kappa shape index (κ2) is 4.90. The van der Waals surface area contributed by atoms with Gasteiger partial charge in [-0.15, -0.1) is 0 Å². The van der Waals surface area contributed by atoms with Crippen molar-refractivity contribution in [2.24, 2.45) is 0 Å². The van der Waals surface area contributed by atoms with Gasteiger partial charge >= 0.3 is 0 Å². The Labute approximate surface area is 95.0 Å². The maximum absolute atomic E-state index is 13.5. The van der Waals surface area contributed by atoms with Crippen LogP contribution in [0, 0.1) is 11.6 Å². The van der Waals surface area contributed by atoms with E-state index in [9.17, 15) is 8.78 Å². The molecule has 2 nitrogen and oxygen atoms in total. The van der Waals surface area contributed by atoms with Gasteiger partial charge in [-0.05, 0) is 27.6 Å². The van der Waals surface area contributed by atoms with Gasteiger partial charge in [-0.2, -0.15) is 4.39 Å². The number of rotatable bonds is 3. The topological polar surface area (TPSA) is 29.5 Å². The van der Waals surface area contributed by atoms with E-state index in [1.807, 2.05) is 0 Å². The Morgan fingerprint density at radius 1 is 1.47 bits per heavy atom. The molecule has 0 bridgehead atoms. The van der Waals surface area contributed by atoms with Crippen LogP contribution in [-0.4, -0.2) is 18.8 Å². The van der Waals surface area contributed by atoms with E-state index in [0.717, 1.165) is 0 Å². The summed E-state index contributed by atoms with van der Waals surface area (Å²) in [5.41, 5.74) is 0.127. The molecule has 15 heavy (non-hydrogen) atoms. The number of methoxy groups -OCH3 is 1.